The van der Waals surface area contributed by atoms with Crippen molar-refractivity contribution in [1.29, 1.82) is 0 Å². The Kier molecular flexibility index (Phi) is 4.34. The lowest BCUT2D eigenvalue weighted by Gasteiger charge is -2.19. The van der Waals surface area contributed by atoms with E-state index in [0.717, 1.165) is 36.2 Å². The molecule has 0 aliphatic carbocycles. The predicted octanol–water partition coefficient (Wildman–Crippen LogP) is 3.51. The van der Waals surface area contributed by atoms with Gasteiger partial charge in [0.15, 0.2) is 0 Å². The largest absolute Gasteiger partial charge is 0.381 e. The van der Waals surface area contributed by atoms with Crippen molar-refractivity contribution < 1.29 is 4.74 Å². The molecule has 2 atom stereocenters. The van der Waals surface area contributed by atoms with Gasteiger partial charge in [-0.25, -0.2) is 0 Å². The SMILES string of the molecule is C[C@H](NCc1ccc(Br)c2cccnc12)[C@@H]1CCOC1. The Morgan fingerprint density at radius 2 is 2.35 bits per heavy atom. The minimum atomic E-state index is 0.472. The van der Waals surface area contributed by atoms with E-state index in [1.54, 1.807) is 0 Å². The summed E-state index contributed by atoms with van der Waals surface area (Å²) in [7, 11) is 0. The highest BCUT2D eigenvalue weighted by Gasteiger charge is 2.21. The lowest BCUT2D eigenvalue weighted by molar-refractivity contribution is 0.178. The van der Waals surface area contributed by atoms with Crippen LogP contribution in [0.15, 0.2) is 34.9 Å². The normalized spacial score (nSPS) is 20.4. The summed E-state index contributed by atoms with van der Waals surface area (Å²) < 4.78 is 6.56. The molecule has 1 aliphatic rings. The standard InChI is InChI=1S/C16H19BrN2O/c1-11(13-6-8-20-10-13)19-9-12-4-5-15(17)14-3-2-7-18-16(12)14/h2-5,7,11,13,19H,6,8-10H2,1H3/t11-,13+/m0/s1. The topological polar surface area (TPSA) is 34.2 Å². The molecule has 2 aromatic rings. The van der Waals surface area contributed by atoms with Gasteiger partial charge in [-0.2, -0.15) is 0 Å². The smallest absolute Gasteiger partial charge is 0.0758 e. The summed E-state index contributed by atoms with van der Waals surface area (Å²) in [6.45, 7) is 4.87. The highest BCUT2D eigenvalue weighted by Crippen LogP contribution is 2.25. The van der Waals surface area contributed by atoms with Crippen LogP contribution in [0, 0.1) is 5.92 Å². The molecule has 3 nitrogen and oxygen atoms in total. The maximum atomic E-state index is 5.46. The van der Waals surface area contributed by atoms with Crippen molar-refractivity contribution in [2.24, 2.45) is 5.92 Å². The quantitative estimate of drug-likeness (QED) is 0.928. The first-order chi connectivity index (χ1) is 9.75. The summed E-state index contributed by atoms with van der Waals surface area (Å²) in [5.74, 6) is 0.629. The number of ether oxygens (including phenoxy) is 1. The van der Waals surface area contributed by atoms with E-state index in [2.05, 4.69) is 51.4 Å². The summed E-state index contributed by atoms with van der Waals surface area (Å²) in [5.41, 5.74) is 2.32. The van der Waals surface area contributed by atoms with Crippen LogP contribution in [-0.4, -0.2) is 24.2 Å². The van der Waals surface area contributed by atoms with Crippen LogP contribution in [0.3, 0.4) is 0 Å². The zero-order valence-electron chi connectivity index (χ0n) is 11.6. The van der Waals surface area contributed by atoms with Gasteiger partial charge >= 0.3 is 0 Å². The molecule has 2 heterocycles. The summed E-state index contributed by atoms with van der Waals surface area (Å²) in [4.78, 5) is 4.52. The second-order valence-electron chi connectivity index (χ2n) is 5.40. The van der Waals surface area contributed by atoms with Crippen LogP contribution in [0.1, 0.15) is 18.9 Å². The van der Waals surface area contributed by atoms with Gasteiger partial charge in [0.05, 0.1) is 12.1 Å². The third-order valence-corrected chi connectivity index (χ3v) is 4.78. The minimum absolute atomic E-state index is 0.472. The molecule has 1 aromatic carbocycles. The van der Waals surface area contributed by atoms with Crippen LogP contribution in [0.4, 0.5) is 0 Å². The van der Waals surface area contributed by atoms with Crippen LogP contribution < -0.4 is 5.32 Å². The van der Waals surface area contributed by atoms with Crippen LogP contribution >= 0.6 is 15.9 Å². The molecule has 0 radical (unpaired) electrons. The second-order valence-corrected chi connectivity index (χ2v) is 6.25. The minimum Gasteiger partial charge on any atom is -0.381 e. The molecule has 4 heteroatoms. The van der Waals surface area contributed by atoms with Crippen LogP contribution in [-0.2, 0) is 11.3 Å². The monoisotopic (exact) mass is 334 g/mol. The Balaban J connectivity index is 1.76. The average Bonchev–Trinajstić information content (AvgIpc) is 3.01. The van der Waals surface area contributed by atoms with E-state index < -0.39 is 0 Å². The number of pyridine rings is 1. The Morgan fingerprint density at radius 1 is 1.45 bits per heavy atom. The molecule has 0 unspecified atom stereocenters. The lowest BCUT2D eigenvalue weighted by atomic mass is 10.0. The Hall–Kier alpha value is -0.970. The highest BCUT2D eigenvalue weighted by atomic mass is 79.9. The first-order valence-electron chi connectivity index (χ1n) is 7.09. The Bertz CT molecular complexity index is 596. The van der Waals surface area contributed by atoms with E-state index in [1.807, 2.05) is 12.3 Å². The van der Waals surface area contributed by atoms with Gasteiger partial charge in [0.1, 0.15) is 0 Å². The molecular weight excluding hydrogens is 316 g/mol. The number of hydrogen-bond acceptors (Lipinski definition) is 3. The van der Waals surface area contributed by atoms with E-state index in [4.69, 9.17) is 4.74 Å². The fourth-order valence-corrected chi connectivity index (χ4v) is 3.18. The van der Waals surface area contributed by atoms with Crippen LogP contribution in [0.2, 0.25) is 0 Å². The van der Waals surface area contributed by atoms with Crippen molar-refractivity contribution in [3.8, 4) is 0 Å². The third-order valence-electron chi connectivity index (χ3n) is 4.09. The molecule has 20 heavy (non-hydrogen) atoms. The summed E-state index contributed by atoms with van der Waals surface area (Å²) in [6.07, 6.45) is 3.01. The van der Waals surface area contributed by atoms with Gasteiger partial charge in [-0.05, 0) is 37.0 Å². The van der Waals surface area contributed by atoms with E-state index in [1.165, 1.54) is 10.9 Å². The fourth-order valence-electron chi connectivity index (χ4n) is 2.72. The van der Waals surface area contributed by atoms with Crippen LogP contribution in [0.5, 0.6) is 0 Å². The molecule has 0 spiro atoms. The van der Waals surface area contributed by atoms with E-state index >= 15 is 0 Å². The number of benzene rings is 1. The third kappa shape index (κ3) is 2.87. The zero-order chi connectivity index (χ0) is 13.9. The highest BCUT2D eigenvalue weighted by molar-refractivity contribution is 9.10. The van der Waals surface area contributed by atoms with Crippen molar-refractivity contribution in [3.05, 3.63) is 40.5 Å². The molecule has 0 amide bonds. The van der Waals surface area contributed by atoms with Gasteiger partial charge in [0.25, 0.3) is 0 Å². The van der Waals surface area contributed by atoms with Gasteiger partial charge in [-0.1, -0.05) is 28.1 Å². The summed E-state index contributed by atoms with van der Waals surface area (Å²) in [5, 5.41) is 4.79. The average molecular weight is 335 g/mol. The molecular formula is C16H19BrN2O. The van der Waals surface area contributed by atoms with Crippen LogP contribution in [0.25, 0.3) is 10.9 Å². The van der Waals surface area contributed by atoms with Crippen molar-refractivity contribution in [1.82, 2.24) is 10.3 Å². The number of nitrogens with zero attached hydrogens (tertiary/aromatic N) is 1. The van der Waals surface area contributed by atoms with E-state index in [-0.39, 0.29) is 0 Å². The van der Waals surface area contributed by atoms with Gasteiger partial charge in [0, 0.05) is 35.2 Å². The number of nitrogens with one attached hydrogen (secondary N) is 1. The molecule has 1 saturated heterocycles. The predicted molar refractivity (Wildman–Crippen MR) is 84.7 cm³/mol. The van der Waals surface area contributed by atoms with Gasteiger partial charge in [0.2, 0.25) is 0 Å². The maximum absolute atomic E-state index is 5.46. The number of rotatable bonds is 4. The number of hydrogen-bond donors (Lipinski definition) is 1. The first-order valence-corrected chi connectivity index (χ1v) is 7.88. The number of fused-ring (bicyclic) bond motifs is 1. The zero-order valence-corrected chi connectivity index (χ0v) is 13.2. The molecule has 0 saturated carbocycles. The van der Waals surface area contributed by atoms with Gasteiger partial charge in [-0.3, -0.25) is 4.98 Å². The fraction of sp³-hybridized carbons (Fsp3) is 0.438. The second kappa shape index (κ2) is 6.20. The Labute approximate surface area is 127 Å². The lowest BCUT2D eigenvalue weighted by Crippen LogP contribution is -2.33. The number of aromatic nitrogens is 1. The van der Waals surface area contributed by atoms with Crippen molar-refractivity contribution in [2.45, 2.75) is 25.9 Å². The molecule has 3 rings (SSSR count). The molecule has 1 fully saturated rings. The molecule has 106 valence electrons. The van der Waals surface area contributed by atoms with Crippen molar-refractivity contribution in [3.63, 3.8) is 0 Å². The van der Waals surface area contributed by atoms with E-state index in [0.29, 0.717) is 12.0 Å². The molecule has 1 N–H and O–H groups in total. The maximum Gasteiger partial charge on any atom is 0.0758 e. The Morgan fingerprint density at radius 3 is 3.15 bits per heavy atom. The molecule has 1 aromatic heterocycles. The molecule has 1 aliphatic heterocycles. The first kappa shape index (κ1) is 14.0. The summed E-state index contributed by atoms with van der Waals surface area (Å²) >= 11 is 3.59. The van der Waals surface area contributed by atoms with Crippen molar-refractivity contribution >= 4 is 26.8 Å². The van der Waals surface area contributed by atoms with Crippen molar-refractivity contribution in [2.75, 3.05) is 13.2 Å². The van der Waals surface area contributed by atoms with Gasteiger partial charge in [-0.15, -0.1) is 0 Å². The van der Waals surface area contributed by atoms with Gasteiger partial charge < -0.3 is 10.1 Å². The number of halogens is 1. The molecule has 0 bridgehead atoms. The summed E-state index contributed by atoms with van der Waals surface area (Å²) in [6, 6.07) is 8.79. The van der Waals surface area contributed by atoms with E-state index in [9.17, 15) is 0 Å².